The highest BCUT2D eigenvalue weighted by atomic mass is 32.1. The minimum absolute atomic E-state index is 0.532. The van der Waals surface area contributed by atoms with Gasteiger partial charge >= 0.3 is 0 Å². The van der Waals surface area contributed by atoms with Gasteiger partial charge in [0.1, 0.15) is 0 Å². The third-order valence-corrected chi connectivity index (χ3v) is 4.87. The van der Waals surface area contributed by atoms with Gasteiger partial charge in [-0.3, -0.25) is 0 Å². The van der Waals surface area contributed by atoms with Crippen molar-refractivity contribution in [3.05, 3.63) is 28.1 Å². The van der Waals surface area contributed by atoms with Crippen molar-refractivity contribution in [2.24, 2.45) is 11.7 Å². The molecular formula is C13H18N2S. The van der Waals surface area contributed by atoms with E-state index in [1.54, 1.807) is 6.20 Å². The maximum Gasteiger partial charge on any atom is 0.0642 e. The molecule has 1 aliphatic carbocycles. The van der Waals surface area contributed by atoms with Gasteiger partial charge in [-0.05, 0) is 30.2 Å². The maximum atomic E-state index is 5.68. The van der Waals surface area contributed by atoms with Gasteiger partial charge in [0.25, 0.3) is 0 Å². The summed E-state index contributed by atoms with van der Waals surface area (Å²) in [5.74, 6) is 0.809. The Bertz CT molecular complexity index is 402. The highest BCUT2D eigenvalue weighted by Crippen LogP contribution is 2.44. The van der Waals surface area contributed by atoms with Gasteiger partial charge in [0.15, 0.2) is 0 Å². The molecule has 0 amide bonds. The van der Waals surface area contributed by atoms with E-state index in [4.69, 9.17) is 5.73 Å². The molecule has 1 aliphatic heterocycles. The highest BCUT2D eigenvalue weighted by Gasteiger charge is 2.33. The molecule has 0 saturated heterocycles. The fraction of sp³-hybridized carbons (Fsp3) is 0.538. The van der Waals surface area contributed by atoms with E-state index in [1.807, 2.05) is 11.3 Å². The zero-order valence-corrected chi connectivity index (χ0v) is 10.2. The van der Waals surface area contributed by atoms with Crippen LogP contribution in [-0.4, -0.2) is 0 Å². The van der Waals surface area contributed by atoms with Crippen molar-refractivity contribution < 1.29 is 0 Å². The Kier molecular flexibility index (Phi) is 2.64. The first-order chi connectivity index (χ1) is 7.90. The zero-order chi connectivity index (χ0) is 11.0. The normalized spacial score (nSPS) is 28.0. The number of nitrogens with two attached hydrogens (primary N) is 1. The number of hydrogen-bond acceptors (Lipinski definition) is 3. The Balaban J connectivity index is 1.88. The predicted molar refractivity (Wildman–Crippen MR) is 68.9 cm³/mol. The molecule has 0 aromatic carbocycles. The lowest BCUT2D eigenvalue weighted by atomic mass is 9.84. The van der Waals surface area contributed by atoms with E-state index in [0.29, 0.717) is 6.04 Å². The highest BCUT2D eigenvalue weighted by molar-refractivity contribution is 7.10. The van der Waals surface area contributed by atoms with Gasteiger partial charge in [-0.1, -0.05) is 19.3 Å². The van der Waals surface area contributed by atoms with E-state index in [9.17, 15) is 0 Å². The van der Waals surface area contributed by atoms with E-state index < -0.39 is 0 Å². The van der Waals surface area contributed by atoms with Crippen LogP contribution in [0.2, 0.25) is 0 Å². The number of rotatable bonds is 1. The van der Waals surface area contributed by atoms with Gasteiger partial charge < -0.3 is 11.1 Å². The molecule has 3 N–H and O–H groups in total. The molecular weight excluding hydrogens is 216 g/mol. The van der Waals surface area contributed by atoms with Crippen LogP contribution in [0.3, 0.4) is 0 Å². The average molecular weight is 234 g/mol. The standard InChI is InChI=1S/C13H18N2S/c14-8-11-10-6-7-16-13(10)12(15-11)9-4-2-1-3-5-9/h6-9,12,15H,1-5,14H2/b11-8-. The SMILES string of the molecule is N/C=C1\NC(C2CCCCC2)c2sccc21. The first-order valence-electron chi connectivity index (χ1n) is 6.16. The molecule has 2 nitrogen and oxygen atoms in total. The van der Waals surface area contributed by atoms with Crippen LogP contribution < -0.4 is 11.1 Å². The van der Waals surface area contributed by atoms with Crippen LogP contribution in [0.5, 0.6) is 0 Å². The summed E-state index contributed by atoms with van der Waals surface area (Å²) in [4.78, 5) is 1.50. The molecule has 1 saturated carbocycles. The molecule has 2 heterocycles. The van der Waals surface area contributed by atoms with Crippen molar-refractivity contribution in [3.63, 3.8) is 0 Å². The zero-order valence-electron chi connectivity index (χ0n) is 9.41. The number of hydrogen-bond donors (Lipinski definition) is 2. The Morgan fingerprint density at radius 3 is 2.88 bits per heavy atom. The largest absolute Gasteiger partial charge is 0.403 e. The number of thiophene rings is 1. The second kappa shape index (κ2) is 4.13. The molecule has 2 aliphatic rings. The van der Waals surface area contributed by atoms with Gasteiger partial charge in [-0.15, -0.1) is 11.3 Å². The van der Waals surface area contributed by atoms with Crippen LogP contribution in [0.4, 0.5) is 0 Å². The van der Waals surface area contributed by atoms with Crippen molar-refractivity contribution in [3.8, 4) is 0 Å². The summed E-state index contributed by atoms with van der Waals surface area (Å²) < 4.78 is 0. The molecule has 1 aromatic rings. The molecule has 0 spiro atoms. The lowest BCUT2D eigenvalue weighted by molar-refractivity contribution is 0.297. The maximum absolute atomic E-state index is 5.68. The third-order valence-electron chi connectivity index (χ3n) is 3.87. The van der Waals surface area contributed by atoms with Crippen LogP contribution in [0.25, 0.3) is 5.70 Å². The summed E-state index contributed by atoms with van der Waals surface area (Å²) >= 11 is 1.87. The van der Waals surface area contributed by atoms with Gasteiger partial charge in [-0.2, -0.15) is 0 Å². The van der Waals surface area contributed by atoms with Crippen molar-refractivity contribution in [2.75, 3.05) is 0 Å². The summed E-state index contributed by atoms with van der Waals surface area (Å²) in [6, 6.07) is 2.72. The fourth-order valence-corrected chi connectivity index (χ4v) is 4.09. The van der Waals surface area contributed by atoms with Gasteiger partial charge in [-0.25, -0.2) is 0 Å². The fourth-order valence-electron chi connectivity index (χ4n) is 3.03. The minimum Gasteiger partial charge on any atom is -0.403 e. The first-order valence-corrected chi connectivity index (χ1v) is 7.04. The minimum atomic E-state index is 0.532. The molecule has 1 unspecified atom stereocenters. The summed E-state index contributed by atoms with van der Waals surface area (Å²) in [5.41, 5.74) is 8.15. The molecule has 0 radical (unpaired) electrons. The average Bonchev–Trinajstić information content (AvgIpc) is 2.91. The van der Waals surface area contributed by atoms with E-state index in [-0.39, 0.29) is 0 Å². The van der Waals surface area contributed by atoms with E-state index >= 15 is 0 Å². The Hall–Kier alpha value is -0.960. The summed E-state index contributed by atoms with van der Waals surface area (Å²) in [6.45, 7) is 0. The van der Waals surface area contributed by atoms with Gasteiger partial charge in [0.05, 0.1) is 11.7 Å². The lowest BCUT2D eigenvalue weighted by Gasteiger charge is -2.27. The van der Waals surface area contributed by atoms with E-state index in [0.717, 1.165) is 11.6 Å². The third kappa shape index (κ3) is 1.54. The van der Waals surface area contributed by atoms with Crippen LogP contribution in [0.15, 0.2) is 17.6 Å². The molecule has 1 fully saturated rings. The quantitative estimate of drug-likeness (QED) is 0.783. The van der Waals surface area contributed by atoms with Crippen molar-refractivity contribution >= 4 is 17.0 Å². The Morgan fingerprint density at radius 1 is 1.31 bits per heavy atom. The van der Waals surface area contributed by atoms with E-state index in [2.05, 4.69) is 16.8 Å². The van der Waals surface area contributed by atoms with E-state index in [1.165, 1.54) is 42.5 Å². The molecule has 1 aromatic heterocycles. The summed E-state index contributed by atoms with van der Waals surface area (Å²) in [6.07, 6.45) is 8.66. The summed E-state index contributed by atoms with van der Waals surface area (Å²) in [7, 11) is 0. The molecule has 1 atom stereocenters. The second-order valence-corrected chi connectivity index (χ2v) is 5.75. The Morgan fingerprint density at radius 2 is 2.12 bits per heavy atom. The number of fused-ring (bicyclic) bond motifs is 1. The molecule has 16 heavy (non-hydrogen) atoms. The van der Waals surface area contributed by atoms with Crippen LogP contribution in [0.1, 0.15) is 48.6 Å². The number of nitrogens with one attached hydrogen (secondary N) is 1. The van der Waals surface area contributed by atoms with Crippen molar-refractivity contribution in [1.82, 2.24) is 5.32 Å². The van der Waals surface area contributed by atoms with Gasteiger partial charge in [0, 0.05) is 16.6 Å². The Labute approximate surface area is 101 Å². The molecule has 3 rings (SSSR count). The van der Waals surface area contributed by atoms with Crippen LogP contribution in [-0.2, 0) is 0 Å². The topological polar surface area (TPSA) is 38.0 Å². The molecule has 3 heteroatoms. The molecule has 0 bridgehead atoms. The van der Waals surface area contributed by atoms with Crippen molar-refractivity contribution in [1.29, 1.82) is 0 Å². The van der Waals surface area contributed by atoms with Crippen LogP contribution >= 0.6 is 11.3 Å². The smallest absolute Gasteiger partial charge is 0.0642 e. The predicted octanol–water partition coefficient (Wildman–Crippen LogP) is 3.23. The van der Waals surface area contributed by atoms with Crippen molar-refractivity contribution in [2.45, 2.75) is 38.1 Å². The monoisotopic (exact) mass is 234 g/mol. The first kappa shape index (κ1) is 10.2. The second-order valence-electron chi connectivity index (χ2n) is 4.80. The lowest BCUT2D eigenvalue weighted by Crippen LogP contribution is -2.23. The summed E-state index contributed by atoms with van der Waals surface area (Å²) in [5, 5.41) is 5.79. The van der Waals surface area contributed by atoms with Gasteiger partial charge in [0.2, 0.25) is 0 Å². The van der Waals surface area contributed by atoms with Crippen LogP contribution in [0, 0.1) is 5.92 Å². The molecule has 86 valence electrons.